The summed E-state index contributed by atoms with van der Waals surface area (Å²) in [5.41, 5.74) is 0.457. The molecule has 0 amide bonds. The van der Waals surface area contributed by atoms with Crippen molar-refractivity contribution in [2.45, 2.75) is 96.8 Å². The topological polar surface area (TPSA) is 15.3 Å². The number of hydrogen-bond acceptors (Lipinski definition) is 2. The lowest BCUT2D eigenvalue weighted by molar-refractivity contribution is 0.123. The standard InChI is InChI=1S/C18H34N2/c1-13-11-14(12-20(13)15-9-10-15)19-17-8-6-5-7-16(17)18(2,3)4/h13-17,19H,5-12H2,1-4H3. The third-order valence-corrected chi connectivity index (χ3v) is 5.97. The molecule has 116 valence electrons. The number of likely N-dealkylation sites (tertiary alicyclic amines) is 1. The normalized spacial score (nSPS) is 40.2. The molecule has 20 heavy (non-hydrogen) atoms. The summed E-state index contributed by atoms with van der Waals surface area (Å²) in [6.45, 7) is 11.0. The molecule has 2 nitrogen and oxygen atoms in total. The number of nitrogens with zero attached hydrogens (tertiary/aromatic N) is 1. The zero-order chi connectivity index (χ0) is 14.3. The monoisotopic (exact) mass is 278 g/mol. The quantitative estimate of drug-likeness (QED) is 0.844. The second kappa shape index (κ2) is 5.61. The van der Waals surface area contributed by atoms with Crippen LogP contribution in [0, 0.1) is 11.3 Å². The summed E-state index contributed by atoms with van der Waals surface area (Å²) in [5, 5.41) is 4.08. The highest BCUT2D eigenvalue weighted by atomic mass is 15.3. The smallest absolute Gasteiger partial charge is 0.0212 e. The van der Waals surface area contributed by atoms with Gasteiger partial charge in [0.05, 0.1) is 0 Å². The fourth-order valence-electron chi connectivity index (χ4n) is 4.76. The molecule has 0 bridgehead atoms. The molecule has 3 aliphatic rings. The first-order chi connectivity index (χ1) is 9.45. The van der Waals surface area contributed by atoms with Crippen molar-refractivity contribution in [1.29, 1.82) is 0 Å². The SMILES string of the molecule is CC1CC(NC2CCCCC2C(C)(C)C)CN1C1CC1. The van der Waals surface area contributed by atoms with Crippen LogP contribution in [-0.2, 0) is 0 Å². The molecule has 1 aliphatic heterocycles. The summed E-state index contributed by atoms with van der Waals surface area (Å²) in [6.07, 6.45) is 9.96. The van der Waals surface area contributed by atoms with E-state index < -0.39 is 0 Å². The van der Waals surface area contributed by atoms with Crippen LogP contribution in [0.1, 0.15) is 72.6 Å². The van der Waals surface area contributed by atoms with E-state index in [9.17, 15) is 0 Å². The van der Waals surface area contributed by atoms with Crippen LogP contribution < -0.4 is 5.32 Å². The molecule has 0 aromatic carbocycles. The first-order valence-corrected chi connectivity index (χ1v) is 8.97. The van der Waals surface area contributed by atoms with Crippen molar-refractivity contribution in [3.63, 3.8) is 0 Å². The van der Waals surface area contributed by atoms with Crippen molar-refractivity contribution in [3.05, 3.63) is 0 Å². The maximum atomic E-state index is 4.08. The van der Waals surface area contributed by atoms with E-state index in [1.165, 1.54) is 51.5 Å². The molecule has 2 heteroatoms. The van der Waals surface area contributed by atoms with Crippen molar-refractivity contribution >= 4 is 0 Å². The van der Waals surface area contributed by atoms with E-state index >= 15 is 0 Å². The molecule has 1 saturated heterocycles. The van der Waals surface area contributed by atoms with Crippen molar-refractivity contribution in [2.24, 2.45) is 11.3 Å². The van der Waals surface area contributed by atoms with E-state index in [2.05, 4.69) is 37.9 Å². The minimum Gasteiger partial charge on any atom is -0.310 e. The molecule has 0 aromatic heterocycles. The lowest BCUT2D eigenvalue weighted by atomic mass is 9.69. The molecule has 1 heterocycles. The third-order valence-electron chi connectivity index (χ3n) is 5.97. The minimum absolute atomic E-state index is 0.457. The van der Waals surface area contributed by atoms with Gasteiger partial charge in [0.15, 0.2) is 0 Å². The Morgan fingerprint density at radius 1 is 1.00 bits per heavy atom. The summed E-state index contributed by atoms with van der Waals surface area (Å²) in [6, 6.07) is 3.25. The summed E-state index contributed by atoms with van der Waals surface area (Å²) < 4.78 is 0. The second-order valence-electron chi connectivity index (χ2n) is 8.74. The van der Waals surface area contributed by atoms with Gasteiger partial charge in [-0.15, -0.1) is 0 Å². The van der Waals surface area contributed by atoms with Gasteiger partial charge in [0.2, 0.25) is 0 Å². The van der Waals surface area contributed by atoms with Gasteiger partial charge in [-0.1, -0.05) is 33.6 Å². The zero-order valence-electron chi connectivity index (χ0n) is 14.0. The van der Waals surface area contributed by atoms with Gasteiger partial charge >= 0.3 is 0 Å². The molecule has 3 fully saturated rings. The van der Waals surface area contributed by atoms with E-state index in [-0.39, 0.29) is 0 Å². The van der Waals surface area contributed by atoms with Crippen LogP contribution in [0.15, 0.2) is 0 Å². The Morgan fingerprint density at radius 2 is 1.70 bits per heavy atom. The van der Waals surface area contributed by atoms with Crippen molar-refractivity contribution in [1.82, 2.24) is 10.2 Å². The number of hydrogen-bond donors (Lipinski definition) is 1. The van der Waals surface area contributed by atoms with E-state index in [0.29, 0.717) is 5.41 Å². The van der Waals surface area contributed by atoms with Crippen LogP contribution in [0.3, 0.4) is 0 Å². The lowest BCUT2D eigenvalue weighted by Crippen LogP contribution is -2.49. The van der Waals surface area contributed by atoms with Crippen LogP contribution >= 0.6 is 0 Å². The fraction of sp³-hybridized carbons (Fsp3) is 1.00. The van der Waals surface area contributed by atoms with E-state index in [1.807, 2.05) is 0 Å². The van der Waals surface area contributed by atoms with Crippen LogP contribution in [0.25, 0.3) is 0 Å². The first-order valence-electron chi connectivity index (χ1n) is 8.97. The van der Waals surface area contributed by atoms with Crippen LogP contribution in [0.4, 0.5) is 0 Å². The molecular formula is C18H34N2. The van der Waals surface area contributed by atoms with E-state index in [0.717, 1.165) is 30.1 Å². The highest BCUT2D eigenvalue weighted by Gasteiger charge is 2.41. The van der Waals surface area contributed by atoms with Crippen molar-refractivity contribution in [3.8, 4) is 0 Å². The van der Waals surface area contributed by atoms with Gasteiger partial charge in [0.1, 0.15) is 0 Å². The molecular weight excluding hydrogens is 244 g/mol. The van der Waals surface area contributed by atoms with Gasteiger partial charge in [-0.05, 0) is 50.4 Å². The second-order valence-corrected chi connectivity index (χ2v) is 8.74. The molecule has 0 spiro atoms. The summed E-state index contributed by atoms with van der Waals surface area (Å²) >= 11 is 0. The summed E-state index contributed by atoms with van der Waals surface area (Å²) in [7, 11) is 0. The summed E-state index contributed by atoms with van der Waals surface area (Å²) in [5.74, 6) is 0.863. The maximum Gasteiger partial charge on any atom is 0.0212 e. The van der Waals surface area contributed by atoms with Gasteiger partial charge in [-0.2, -0.15) is 0 Å². The zero-order valence-corrected chi connectivity index (χ0v) is 14.0. The van der Waals surface area contributed by atoms with E-state index in [4.69, 9.17) is 0 Å². The van der Waals surface area contributed by atoms with Gasteiger partial charge in [-0.25, -0.2) is 0 Å². The van der Waals surface area contributed by atoms with Gasteiger partial charge < -0.3 is 5.32 Å². The Hall–Kier alpha value is -0.0800. The molecule has 0 aromatic rings. The highest BCUT2D eigenvalue weighted by Crippen LogP contribution is 2.39. The average Bonchev–Trinajstić information content (AvgIpc) is 3.14. The third kappa shape index (κ3) is 3.22. The fourth-order valence-corrected chi connectivity index (χ4v) is 4.76. The van der Waals surface area contributed by atoms with Gasteiger partial charge in [0, 0.05) is 30.7 Å². The number of nitrogens with one attached hydrogen (secondary N) is 1. The van der Waals surface area contributed by atoms with Crippen molar-refractivity contribution < 1.29 is 0 Å². The Bertz CT molecular complexity index is 329. The predicted octanol–water partition coefficient (Wildman–Crippen LogP) is 3.81. The molecule has 4 atom stereocenters. The molecule has 2 aliphatic carbocycles. The van der Waals surface area contributed by atoms with Gasteiger partial charge in [-0.3, -0.25) is 4.90 Å². The Labute approximate surface area is 125 Å². The van der Waals surface area contributed by atoms with Gasteiger partial charge in [0.25, 0.3) is 0 Å². The highest BCUT2D eigenvalue weighted by molar-refractivity contribution is 4.98. The Morgan fingerprint density at radius 3 is 2.35 bits per heavy atom. The first kappa shape index (κ1) is 14.8. The van der Waals surface area contributed by atoms with Crippen LogP contribution in [0.5, 0.6) is 0 Å². The number of rotatable bonds is 3. The molecule has 0 radical (unpaired) electrons. The van der Waals surface area contributed by atoms with Crippen LogP contribution in [0.2, 0.25) is 0 Å². The summed E-state index contributed by atoms with van der Waals surface area (Å²) in [4.78, 5) is 2.77. The Kier molecular flexibility index (Phi) is 4.16. The Balaban J connectivity index is 1.58. The van der Waals surface area contributed by atoms with E-state index in [1.54, 1.807) is 0 Å². The largest absolute Gasteiger partial charge is 0.310 e. The van der Waals surface area contributed by atoms with Crippen LogP contribution in [-0.4, -0.2) is 35.6 Å². The average molecular weight is 278 g/mol. The molecule has 4 unspecified atom stereocenters. The minimum atomic E-state index is 0.457. The molecule has 1 N–H and O–H groups in total. The molecule has 3 rings (SSSR count). The van der Waals surface area contributed by atoms with Crippen molar-refractivity contribution in [2.75, 3.05) is 6.54 Å². The lowest BCUT2D eigenvalue weighted by Gasteiger charge is -2.42. The molecule has 2 saturated carbocycles. The predicted molar refractivity (Wildman–Crippen MR) is 85.9 cm³/mol. The maximum absolute atomic E-state index is 4.08.